The minimum absolute atomic E-state index is 0.0362. The van der Waals surface area contributed by atoms with E-state index in [1.54, 1.807) is 36.4 Å². The molecule has 0 radical (unpaired) electrons. The van der Waals surface area contributed by atoms with E-state index < -0.39 is 0 Å². The SMILES string of the molecule is C[C@H]1CN(CC(=O)Nc2oc3ccc(Cl)cc3c(=O)c2-c2ccc3c(c2)OCO3)C[C@H](C)O1. The lowest BCUT2D eigenvalue weighted by Crippen LogP contribution is -2.48. The second-order valence-electron chi connectivity index (χ2n) is 8.34. The molecule has 1 saturated heterocycles. The number of fused-ring (bicyclic) bond motifs is 2. The number of anilines is 1. The molecule has 3 aromatic rings. The normalized spacial score (nSPS) is 20.2. The molecular formula is C24H23ClN2O6. The van der Waals surface area contributed by atoms with Gasteiger partial charge in [-0.25, -0.2) is 0 Å². The lowest BCUT2D eigenvalue weighted by Gasteiger charge is -2.34. The average Bonchev–Trinajstić information content (AvgIpc) is 3.21. The van der Waals surface area contributed by atoms with Gasteiger partial charge >= 0.3 is 0 Å². The summed E-state index contributed by atoms with van der Waals surface area (Å²) in [6, 6.07) is 9.96. The molecule has 5 rings (SSSR count). The van der Waals surface area contributed by atoms with Gasteiger partial charge in [-0.2, -0.15) is 0 Å². The first kappa shape index (κ1) is 21.8. The number of morpholine rings is 1. The van der Waals surface area contributed by atoms with Gasteiger partial charge in [-0.05, 0) is 49.7 Å². The van der Waals surface area contributed by atoms with Crippen LogP contribution in [0.2, 0.25) is 5.02 Å². The molecule has 2 aliphatic heterocycles. The van der Waals surface area contributed by atoms with E-state index in [1.165, 1.54) is 0 Å². The zero-order valence-corrected chi connectivity index (χ0v) is 19.0. The van der Waals surface area contributed by atoms with Crippen molar-refractivity contribution in [3.8, 4) is 22.6 Å². The third-order valence-electron chi connectivity index (χ3n) is 5.63. The van der Waals surface area contributed by atoms with Gasteiger partial charge in [0, 0.05) is 18.1 Å². The standard InChI is InChI=1S/C24H23ClN2O6/c1-13-9-27(10-14(2)32-13)11-21(28)26-24-22(15-3-5-19-20(7-15)31-12-30-19)23(29)17-8-16(25)4-6-18(17)33-24/h3-8,13-14H,9-12H2,1-2H3,(H,26,28)/t13-,14-/m0/s1. The Kier molecular flexibility index (Phi) is 5.74. The Morgan fingerprint density at radius 2 is 1.85 bits per heavy atom. The fraction of sp³-hybridized carbons (Fsp3) is 0.333. The van der Waals surface area contributed by atoms with Crippen LogP contribution in [0.15, 0.2) is 45.6 Å². The van der Waals surface area contributed by atoms with Crippen LogP contribution in [0.4, 0.5) is 5.88 Å². The van der Waals surface area contributed by atoms with E-state index in [2.05, 4.69) is 5.32 Å². The number of carbonyl (C=O) groups excluding carboxylic acids is 1. The maximum absolute atomic E-state index is 13.5. The van der Waals surface area contributed by atoms with Crippen molar-refractivity contribution in [2.45, 2.75) is 26.1 Å². The van der Waals surface area contributed by atoms with Crippen molar-refractivity contribution in [3.05, 3.63) is 51.6 Å². The maximum atomic E-state index is 13.5. The summed E-state index contributed by atoms with van der Waals surface area (Å²) in [6.45, 7) is 5.51. The molecule has 172 valence electrons. The van der Waals surface area contributed by atoms with Gasteiger partial charge in [-0.15, -0.1) is 0 Å². The van der Waals surface area contributed by atoms with Gasteiger partial charge < -0.3 is 18.6 Å². The molecule has 3 heterocycles. The molecule has 1 amide bonds. The van der Waals surface area contributed by atoms with E-state index in [1.807, 2.05) is 18.7 Å². The van der Waals surface area contributed by atoms with Crippen LogP contribution < -0.4 is 20.2 Å². The average molecular weight is 471 g/mol. The third-order valence-corrected chi connectivity index (χ3v) is 5.86. The summed E-state index contributed by atoms with van der Waals surface area (Å²) in [5.41, 5.74) is 0.790. The summed E-state index contributed by atoms with van der Waals surface area (Å²) in [5, 5.41) is 3.55. The van der Waals surface area contributed by atoms with Crippen molar-refractivity contribution in [2.75, 3.05) is 31.7 Å². The Morgan fingerprint density at radius 1 is 1.09 bits per heavy atom. The smallest absolute Gasteiger partial charge is 0.240 e. The van der Waals surface area contributed by atoms with E-state index in [-0.39, 0.29) is 48.3 Å². The van der Waals surface area contributed by atoms with E-state index >= 15 is 0 Å². The Bertz CT molecular complexity index is 1280. The minimum atomic E-state index is -0.304. The van der Waals surface area contributed by atoms with Crippen molar-refractivity contribution < 1.29 is 23.4 Å². The van der Waals surface area contributed by atoms with Crippen LogP contribution in [0.5, 0.6) is 11.5 Å². The first-order valence-corrected chi connectivity index (χ1v) is 11.1. The van der Waals surface area contributed by atoms with Crippen molar-refractivity contribution >= 4 is 34.4 Å². The lowest BCUT2D eigenvalue weighted by atomic mass is 10.0. The topological polar surface area (TPSA) is 90.2 Å². The number of nitrogens with zero attached hydrogens (tertiary/aromatic N) is 1. The molecule has 9 heteroatoms. The van der Waals surface area contributed by atoms with Crippen LogP contribution in [-0.4, -0.2) is 49.4 Å². The number of ether oxygens (including phenoxy) is 3. The van der Waals surface area contributed by atoms with Crippen molar-refractivity contribution in [3.63, 3.8) is 0 Å². The van der Waals surface area contributed by atoms with Gasteiger partial charge in [0.15, 0.2) is 11.5 Å². The third kappa shape index (κ3) is 4.42. The number of benzene rings is 2. The highest BCUT2D eigenvalue weighted by atomic mass is 35.5. The van der Waals surface area contributed by atoms with Crippen LogP contribution in [0.25, 0.3) is 22.1 Å². The number of amides is 1. The van der Waals surface area contributed by atoms with Gasteiger partial charge in [0.05, 0.1) is 29.7 Å². The Hall–Kier alpha value is -3.07. The van der Waals surface area contributed by atoms with Crippen molar-refractivity contribution in [2.24, 2.45) is 0 Å². The molecule has 1 fully saturated rings. The Labute approximate surface area is 195 Å². The molecule has 8 nitrogen and oxygen atoms in total. The summed E-state index contributed by atoms with van der Waals surface area (Å²) in [4.78, 5) is 28.5. The van der Waals surface area contributed by atoms with Gasteiger partial charge in [0.1, 0.15) is 5.58 Å². The van der Waals surface area contributed by atoms with Crippen molar-refractivity contribution in [1.82, 2.24) is 4.90 Å². The Balaban J connectivity index is 1.53. The minimum Gasteiger partial charge on any atom is -0.454 e. The monoisotopic (exact) mass is 470 g/mol. The molecular weight excluding hydrogens is 448 g/mol. The molecule has 33 heavy (non-hydrogen) atoms. The number of hydrogen-bond donors (Lipinski definition) is 1. The van der Waals surface area contributed by atoms with Crippen molar-refractivity contribution in [1.29, 1.82) is 0 Å². The maximum Gasteiger partial charge on any atom is 0.240 e. The summed E-state index contributed by atoms with van der Waals surface area (Å²) in [6.07, 6.45) is 0.0724. The highest BCUT2D eigenvalue weighted by Gasteiger charge is 2.26. The van der Waals surface area contributed by atoms with Crippen LogP contribution >= 0.6 is 11.6 Å². The van der Waals surface area contributed by atoms with Gasteiger partial charge in [-0.3, -0.25) is 19.8 Å². The molecule has 0 bridgehead atoms. The van der Waals surface area contributed by atoms with Crippen LogP contribution in [0, 0.1) is 0 Å². The number of hydrogen-bond acceptors (Lipinski definition) is 7. The lowest BCUT2D eigenvalue weighted by molar-refractivity contribution is -0.121. The molecule has 0 aliphatic carbocycles. The summed E-state index contributed by atoms with van der Waals surface area (Å²) in [7, 11) is 0. The highest BCUT2D eigenvalue weighted by molar-refractivity contribution is 6.31. The molecule has 1 N–H and O–H groups in total. The van der Waals surface area contributed by atoms with Crippen LogP contribution in [-0.2, 0) is 9.53 Å². The summed E-state index contributed by atoms with van der Waals surface area (Å²) in [5.74, 6) is 0.905. The van der Waals surface area contributed by atoms with Gasteiger partial charge in [0.2, 0.25) is 24.0 Å². The van der Waals surface area contributed by atoms with Gasteiger partial charge in [-0.1, -0.05) is 17.7 Å². The van der Waals surface area contributed by atoms with E-state index in [0.717, 1.165) is 0 Å². The fourth-order valence-electron chi connectivity index (χ4n) is 4.35. The highest BCUT2D eigenvalue weighted by Crippen LogP contribution is 2.38. The largest absolute Gasteiger partial charge is 0.454 e. The fourth-order valence-corrected chi connectivity index (χ4v) is 4.52. The Morgan fingerprint density at radius 3 is 2.64 bits per heavy atom. The molecule has 0 unspecified atom stereocenters. The molecule has 2 atom stereocenters. The summed E-state index contributed by atoms with van der Waals surface area (Å²) >= 11 is 6.12. The van der Waals surface area contributed by atoms with E-state index in [4.69, 9.17) is 30.2 Å². The van der Waals surface area contributed by atoms with E-state index in [0.29, 0.717) is 46.1 Å². The predicted molar refractivity (Wildman–Crippen MR) is 124 cm³/mol. The molecule has 0 saturated carbocycles. The van der Waals surface area contributed by atoms with E-state index in [9.17, 15) is 9.59 Å². The van der Waals surface area contributed by atoms with Crippen LogP contribution in [0.1, 0.15) is 13.8 Å². The zero-order chi connectivity index (χ0) is 23.1. The molecule has 0 spiro atoms. The quantitative estimate of drug-likeness (QED) is 0.618. The molecule has 1 aromatic heterocycles. The number of rotatable bonds is 4. The number of halogens is 1. The number of carbonyl (C=O) groups is 1. The second-order valence-corrected chi connectivity index (χ2v) is 8.78. The second kappa shape index (κ2) is 8.70. The van der Waals surface area contributed by atoms with Crippen LogP contribution in [0.3, 0.4) is 0 Å². The predicted octanol–water partition coefficient (Wildman–Crippen LogP) is 3.89. The first-order valence-electron chi connectivity index (χ1n) is 10.7. The first-order chi connectivity index (χ1) is 15.9. The number of nitrogens with one attached hydrogen (secondary N) is 1. The van der Waals surface area contributed by atoms with Gasteiger partial charge in [0.25, 0.3) is 0 Å². The summed E-state index contributed by atoms with van der Waals surface area (Å²) < 4.78 is 22.6. The molecule has 2 aromatic carbocycles. The molecule has 2 aliphatic rings. The zero-order valence-electron chi connectivity index (χ0n) is 18.2.